The topological polar surface area (TPSA) is 29.1 Å². The van der Waals surface area contributed by atoms with Gasteiger partial charge < -0.3 is 5.32 Å². The fourth-order valence-electron chi connectivity index (χ4n) is 1.01. The zero-order valence-corrected chi connectivity index (χ0v) is 9.42. The molecule has 0 atom stereocenters. The normalized spacial score (nSPS) is 13.7. The quantitative estimate of drug-likeness (QED) is 0.540. The summed E-state index contributed by atoms with van der Waals surface area (Å²) in [5.41, 5.74) is 2.03. The van der Waals surface area contributed by atoms with E-state index in [2.05, 4.69) is 32.7 Å². The van der Waals surface area contributed by atoms with Crippen molar-refractivity contribution in [3.05, 3.63) is 36.1 Å². The van der Waals surface area contributed by atoms with E-state index >= 15 is 0 Å². The third-order valence-electron chi connectivity index (χ3n) is 1.82. The summed E-state index contributed by atoms with van der Waals surface area (Å²) in [5, 5.41) is 2.61. The van der Waals surface area contributed by atoms with Gasteiger partial charge in [0.05, 0.1) is 0 Å². The lowest BCUT2D eigenvalue weighted by molar-refractivity contribution is -0.108. The second-order valence-electron chi connectivity index (χ2n) is 4.20. The summed E-state index contributed by atoms with van der Waals surface area (Å²) in [7, 11) is 0. The zero-order chi connectivity index (χ0) is 11.2. The van der Waals surface area contributed by atoms with Gasteiger partial charge in [-0.05, 0) is 24.0 Å². The predicted molar refractivity (Wildman–Crippen MR) is 60.7 cm³/mol. The van der Waals surface area contributed by atoms with E-state index in [0.717, 1.165) is 11.3 Å². The molecule has 78 valence electrons. The highest BCUT2D eigenvalue weighted by molar-refractivity contribution is 5.50. The number of carbonyl (C=O) groups excluding carboxylic acids is 1. The fraction of sp³-hybridized carbons (Fsp3) is 0.417. The van der Waals surface area contributed by atoms with Crippen molar-refractivity contribution in [1.82, 2.24) is 5.32 Å². The number of carbonyl (C=O) groups is 1. The number of hydrogen-bond acceptors (Lipinski definition) is 1. The van der Waals surface area contributed by atoms with Gasteiger partial charge in [0, 0.05) is 5.70 Å². The maximum Gasteiger partial charge on any atom is 0.211 e. The minimum absolute atomic E-state index is 0.0556. The first-order valence-electron chi connectivity index (χ1n) is 4.63. The van der Waals surface area contributed by atoms with Gasteiger partial charge in [-0.1, -0.05) is 39.5 Å². The third-order valence-corrected chi connectivity index (χ3v) is 1.82. The van der Waals surface area contributed by atoms with Crippen LogP contribution in [0.2, 0.25) is 0 Å². The molecule has 0 heterocycles. The van der Waals surface area contributed by atoms with E-state index in [1.807, 2.05) is 19.1 Å². The van der Waals surface area contributed by atoms with Crippen LogP contribution in [-0.2, 0) is 4.79 Å². The van der Waals surface area contributed by atoms with Gasteiger partial charge in [0.1, 0.15) is 0 Å². The Bertz CT molecular complexity index is 267. The van der Waals surface area contributed by atoms with Gasteiger partial charge in [0.15, 0.2) is 0 Å². The molecule has 2 nitrogen and oxygen atoms in total. The molecular formula is C12H19NO. The van der Waals surface area contributed by atoms with Crippen LogP contribution in [-0.4, -0.2) is 6.41 Å². The standard InChI is InChI=1S/C12H19NO/c1-6-7-11(12(3,4)5)8-10(2)13-9-14/h6-9H,1H2,2-5H3,(H,13,14)/b10-8+,11-7+. The van der Waals surface area contributed by atoms with E-state index in [-0.39, 0.29) is 5.41 Å². The second kappa shape index (κ2) is 5.43. The number of rotatable bonds is 4. The van der Waals surface area contributed by atoms with Crippen LogP contribution in [0.4, 0.5) is 0 Å². The summed E-state index contributed by atoms with van der Waals surface area (Å²) < 4.78 is 0. The van der Waals surface area contributed by atoms with Crippen LogP contribution >= 0.6 is 0 Å². The van der Waals surface area contributed by atoms with Crippen LogP contribution in [0, 0.1) is 5.41 Å². The highest BCUT2D eigenvalue weighted by Crippen LogP contribution is 2.26. The van der Waals surface area contributed by atoms with Crippen molar-refractivity contribution in [1.29, 1.82) is 0 Å². The molecule has 2 heteroatoms. The molecule has 0 aromatic rings. The van der Waals surface area contributed by atoms with Gasteiger partial charge in [-0.15, -0.1) is 0 Å². The first kappa shape index (κ1) is 12.7. The molecule has 0 aliphatic rings. The number of hydrogen-bond donors (Lipinski definition) is 1. The maximum absolute atomic E-state index is 10.2. The highest BCUT2D eigenvalue weighted by Gasteiger charge is 2.14. The van der Waals surface area contributed by atoms with Gasteiger partial charge >= 0.3 is 0 Å². The Balaban J connectivity index is 4.88. The minimum atomic E-state index is 0.0556. The second-order valence-corrected chi connectivity index (χ2v) is 4.20. The van der Waals surface area contributed by atoms with E-state index < -0.39 is 0 Å². The Labute approximate surface area is 86.4 Å². The van der Waals surface area contributed by atoms with Crippen molar-refractivity contribution in [2.75, 3.05) is 0 Å². The largest absolute Gasteiger partial charge is 0.333 e. The summed E-state index contributed by atoms with van der Waals surface area (Å²) in [5.74, 6) is 0. The van der Waals surface area contributed by atoms with Gasteiger partial charge in [-0.3, -0.25) is 4.79 Å². The lowest BCUT2D eigenvalue weighted by Gasteiger charge is -2.20. The van der Waals surface area contributed by atoms with Crippen molar-refractivity contribution in [3.8, 4) is 0 Å². The molecule has 0 radical (unpaired) electrons. The fourth-order valence-corrected chi connectivity index (χ4v) is 1.01. The molecule has 1 N–H and O–H groups in total. The molecule has 0 bridgehead atoms. The van der Waals surface area contributed by atoms with Gasteiger partial charge in [0.25, 0.3) is 0 Å². The van der Waals surface area contributed by atoms with E-state index in [9.17, 15) is 4.79 Å². The Morgan fingerprint density at radius 2 is 1.93 bits per heavy atom. The Morgan fingerprint density at radius 1 is 1.36 bits per heavy atom. The minimum Gasteiger partial charge on any atom is -0.333 e. The van der Waals surface area contributed by atoms with E-state index in [0.29, 0.717) is 6.41 Å². The molecule has 14 heavy (non-hydrogen) atoms. The van der Waals surface area contributed by atoms with Crippen molar-refractivity contribution in [2.24, 2.45) is 5.41 Å². The van der Waals surface area contributed by atoms with Crippen molar-refractivity contribution < 1.29 is 4.79 Å². The zero-order valence-electron chi connectivity index (χ0n) is 9.42. The third kappa shape index (κ3) is 4.65. The van der Waals surface area contributed by atoms with Crippen LogP contribution in [0.5, 0.6) is 0 Å². The first-order chi connectivity index (χ1) is 6.41. The van der Waals surface area contributed by atoms with Crippen LogP contribution in [0.1, 0.15) is 27.7 Å². The SMILES string of the molecule is C=C/C=C(\C=C(/C)NC=O)C(C)(C)C. The molecule has 0 aromatic heterocycles. The van der Waals surface area contributed by atoms with Crippen molar-refractivity contribution in [3.63, 3.8) is 0 Å². The summed E-state index contributed by atoms with van der Waals surface area (Å²) in [6, 6.07) is 0. The Kier molecular flexibility index (Phi) is 4.92. The summed E-state index contributed by atoms with van der Waals surface area (Å²) >= 11 is 0. The molecule has 0 rings (SSSR count). The van der Waals surface area contributed by atoms with Crippen molar-refractivity contribution in [2.45, 2.75) is 27.7 Å². The van der Waals surface area contributed by atoms with E-state index in [1.165, 1.54) is 0 Å². The average Bonchev–Trinajstić information content (AvgIpc) is 2.02. The van der Waals surface area contributed by atoms with Gasteiger partial charge in [-0.2, -0.15) is 0 Å². The number of allylic oxidation sites excluding steroid dienone is 5. The molecule has 1 amide bonds. The molecule has 0 aliphatic carbocycles. The number of nitrogens with one attached hydrogen (secondary N) is 1. The maximum atomic E-state index is 10.2. The molecule has 0 aromatic carbocycles. The Hall–Kier alpha value is -1.31. The van der Waals surface area contributed by atoms with Crippen LogP contribution in [0.3, 0.4) is 0 Å². The van der Waals surface area contributed by atoms with E-state index in [4.69, 9.17) is 0 Å². The average molecular weight is 193 g/mol. The Morgan fingerprint density at radius 3 is 2.29 bits per heavy atom. The summed E-state index contributed by atoms with van der Waals surface area (Å²) in [6.45, 7) is 11.9. The smallest absolute Gasteiger partial charge is 0.211 e. The van der Waals surface area contributed by atoms with E-state index in [1.54, 1.807) is 6.08 Å². The summed E-state index contributed by atoms with van der Waals surface area (Å²) in [4.78, 5) is 10.2. The predicted octanol–water partition coefficient (Wildman–Crippen LogP) is 2.79. The highest BCUT2D eigenvalue weighted by atomic mass is 16.1. The molecule has 0 unspecified atom stereocenters. The van der Waals surface area contributed by atoms with Crippen molar-refractivity contribution >= 4 is 6.41 Å². The van der Waals surface area contributed by atoms with Crippen LogP contribution < -0.4 is 5.32 Å². The molecular weight excluding hydrogens is 174 g/mol. The van der Waals surface area contributed by atoms with Gasteiger partial charge in [0.2, 0.25) is 6.41 Å². The lowest BCUT2D eigenvalue weighted by Crippen LogP contribution is -2.12. The monoisotopic (exact) mass is 193 g/mol. The molecule has 0 saturated carbocycles. The van der Waals surface area contributed by atoms with Gasteiger partial charge in [-0.25, -0.2) is 0 Å². The molecule has 0 spiro atoms. The summed E-state index contributed by atoms with van der Waals surface area (Å²) in [6.07, 6.45) is 6.34. The number of amides is 1. The van der Waals surface area contributed by atoms with Crippen LogP contribution in [0.15, 0.2) is 36.1 Å². The molecule has 0 fully saturated rings. The lowest BCUT2D eigenvalue weighted by atomic mass is 9.85. The first-order valence-corrected chi connectivity index (χ1v) is 4.63. The molecule has 0 aliphatic heterocycles. The molecule has 0 saturated heterocycles. The van der Waals surface area contributed by atoms with Crippen LogP contribution in [0.25, 0.3) is 0 Å².